The van der Waals surface area contributed by atoms with Crippen LogP contribution in [0.4, 0.5) is 16.2 Å². The Balaban J connectivity index is 0.00000156. The second kappa shape index (κ2) is 11.3. The van der Waals surface area contributed by atoms with Crippen LogP contribution in [0.5, 0.6) is 11.5 Å². The monoisotopic (exact) mass is 360 g/mol. The molecular weight excluding hydrogens is 345 g/mol. The summed E-state index contributed by atoms with van der Waals surface area (Å²) < 4.78 is 13.7. The van der Waals surface area contributed by atoms with Crippen LogP contribution in [0.1, 0.15) is 0 Å². The molecule has 3 rings (SSSR count). The van der Waals surface area contributed by atoms with Gasteiger partial charge in [-0.15, -0.1) is 0 Å². The summed E-state index contributed by atoms with van der Waals surface area (Å²) >= 11 is 0. The second-order valence-corrected chi connectivity index (χ2v) is 4.42. The number of nitrogens with one attached hydrogen (secondary N) is 2. The first-order valence-electron chi connectivity index (χ1n) is 6.79. The molecule has 0 saturated carbocycles. The van der Waals surface area contributed by atoms with Crippen molar-refractivity contribution in [3.05, 3.63) is 72.7 Å². The van der Waals surface area contributed by atoms with Crippen molar-refractivity contribution >= 4 is 70.9 Å². The van der Waals surface area contributed by atoms with Gasteiger partial charge in [-0.2, -0.15) is 10.5 Å². The Labute approximate surface area is 188 Å². The summed E-state index contributed by atoms with van der Waals surface area (Å²) in [5.41, 5.74) is 4.99. The molecule has 3 aromatic rings. The molecular formula is C16H15FN4Na2O2. The molecule has 0 amide bonds. The van der Waals surface area contributed by atoms with Gasteiger partial charge in [-0.1, -0.05) is 36.4 Å². The Morgan fingerprint density at radius 1 is 0.760 bits per heavy atom. The van der Waals surface area contributed by atoms with Gasteiger partial charge in [0, 0.05) is 0 Å². The quantitative estimate of drug-likeness (QED) is 0.519. The van der Waals surface area contributed by atoms with Crippen LogP contribution in [0.15, 0.2) is 66.9 Å². The van der Waals surface area contributed by atoms with E-state index >= 15 is 0 Å². The molecule has 2 N–H and O–H groups in total. The number of rotatable bonds is 6. The molecule has 0 bridgehead atoms. The average Bonchev–Trinajstić information content (AvgIpc) is 2.62. The topological polar surface area (TPSA) is 68.3 Å². The van der Waals surface area contributed by atoms with E-state index in [4.69, 9.17) is 9.68 Å². The van der Waals surface area contributed by atoms with Crippen LogP contribution >= 0.6 is 0 Å². The van der Waals surface area contributed by atoms with E-state index in [2.05, 4.69) is 20.9 Å². The van der Waals surface area contributed by atoms with Gasteiger partial charge in [0.1, 0.15) is 0 Å². The molecule has 0 unspecified atom stereocenters. The summed E-state index contributed by atoms with van der Waals surface area (Å²) in [7, 11) is 0. The molecule has 0 aliphatic heterocycles. The predicted molar refractivity (Wildman–Crippen MR) is 97.7 cm³/mol. The summed E-state index contributed by atoms with van der Waals surface area (Å²) in [4.78, 5) is 18.3. The molecule has 0 aliphatic carbocycles. The van der Waals surface area contributed by atoms with E-state index in [9.17, 15) is 4.39 Å². The molecule has 0 aliphatic rings. The standard InChI is InChI=1S/C16H13FN4O2.2Na.2H/c17-14-11-18-16(21-23-13-9-5-2-6-10-13)19-15(14)20-22-12-7-3-1-4-8-12;;;;/h1-11H,(H2,18,19,20,21);;;;. The molecule has 0 saturated heterocycles. The number of anilines is 2. The van der Waals surface area contributed by atoms with Crippen molar-refractivity contribution in [3.63, 3.8) is 0 Å². The fourth-order valence-electron chi connectivity index (χ4n) is 1.68. The summed E-state index contributed by atoms with van der Waals surface area (Å²) in [5, 5.41) is 0. The number of halogens is 1. The molecule has 0 fully saturated rings. The first kappa shape index (κ1) is 21.7. The van der Waals surface area contributed by atoms with Crippen molar-refractivity contribution in [1.82, 2.24) is 9.97 Å². The van der Waals surface area contributed by atoms with Gasteiger partial charge in [0.25, 0.3) is 5.95 Å². The number of benzene rings is 2. The van der Waals surface area contributed by atoms with E-state index in [1.807, 2.05) is 24.3 Å². The van der Waals surface area contributed by atoms with Crippen LogP contribution in [-0.2, 0) is 0 Å². The Bertz CT molecular complexity index is 767. The van der Waals surface area contributed by atoms with Gasteiger partial charge in [-0.3, -0.25) is 0 Å². The van der Waals surface area contributed by atoms with Crippen molar-refractivity contribution in [2.45, 2.75) is 0 Å². The first-order chi connectivity index (χ1) is 11.3. The van der Waals surface area contributed by atoms with Crippen molar-refractivity contribution in [1.29, 1.82) is 0 Å². The van der Waals surface area contributed by atoms with Gasteiger partial charge in [0.15, 0.2) is 17.3 Å². The van der Waals surface area contributed by atoms with Crippen LogP contribution in [0.3, 0.4) is 0 Å². The summed E-state index contributed by atoms with van der Waals surface area (Å²) in [6.07, 6.45) is 1.01. The van der Waals surface area contributed by atoms with E-state index in [1.165, 1.54) is 0 Å². The molecule has 0 spiro atoms. The Morgan fingerprint density at radius 2 is 1.28 bits per heavy atom. The van der Waals surface area contributed by atoms with Crippen LogP contribution in [-0.4, -0.2) is 69.1 Å². The summed E-state index contributed by atoms with van der Waals surface area (Å²) in [5.74, 6) is 0.444. The molecule has 25 heavy (non-hydrogen) atoms. The Kier molecular flexibility index (Phi) is 9.81. The fourth-order valence-corrected chi connectivity index (χ4v) is 1.68. The molecule has 1 heterocycles. The molecule has 0 radical (unpaired) electrons. The third kappa shape index (κ3) is 6.81. The second-order valence-electron chi connectivity index (χ2n) is 4.42. The molecule has 6 nitrogen and oxygen atoms in total. The summed E-state index contributed by atoms with van der Waals surface area (Å²) in [6, 6.07) is 17.9. The zero-order chi connectivity index (χ0) is 15.9. The van der Waals surface area contributed by atoms with Crippen molar-refractivity contribution < 1.29 is 14.1 Å². The summed E-state index contributed by atoms with van der Waals surface area (Å²) in [6.45, 7) is 0. The molecule has 2 aromatic carbocycles. The predicted octanol–water partition coefficient (Wildman–Crippen LogP) is 2.13. The minimum atomic E-state index is -0.647. The third-order valence-corrected chi connectivity index (χ3v) is 2.76. The number of hydrogen-bond donors (Lipinski definition) is 2. The van der Waals surface area contributed by atoms with Gasteiger partial charge in [0.2, 0.25) is 5.82 Å². The van der Waals surface area contributed by atoms with Gasteiger partial charge in [-0.25, -0.2) is 14.9 Å². The maximum absolute atomic E-state index is 13.7. The van der Waals surface area contributed by atoms with Crippen LogP contribution < -0.4 is 20.6 Å². The maximum atomic E-state index is 13.7. The number of para-hydroxylation sites is 2. The van der Waals surface area contributed by atoms with E-state index in [0.717, 1.165) is 6.20 Å². The van der Waals surface area contributed by atoms with Crippen LogP contribution in [0.25, 0.3) is 0 Å². The molecule has 0 atom stereocenters. The van der Waals surface area contributed by atoms with Gasteiger partial charge in [-0.05, 0) is 24.3 Å². The minimum absolute atomic E-state index is 0. The third-order valence-electron chi connectivity index (χ3n) is 2.76. The average molecular weight is 360 g/mol. The number of hydrogen-bond acceptors (Lipinski definition) is 6. The zero-order valence-corrected chi connectivity index (χ0v) is 11.9. The molecule has 9 heteroatoms. The normalized spacial score (nSPS) is 9.16. The number of nitrogens with zero attached hydrogens (tertiary/aromatic N) is 2. The van der Waals surface area contributed by atoms with Crippen LogP contribution in [0.2, 0.25) is 0 Å². The van der Waals surface area contributed by atoms with Crippen molar-refractivity contribution in [3.8, 4) is 11.5 Å². The molecule has 120 valence electrons. The van der Waals surface area contributed by atoms with E-state index < -0.39 is 5.82 Å². The zero-order valence-electron chi connectivity index (χ0n) is 11.9. The Hall–Kier alpha value is -1.35. The number of aromatic nitrogens is 2. The van der Waals surface area contributed by atoms with E-state index in [1.54, 1.807) is 36.4 Å². The van der Waals surface area contributed by atoms with E-state index in [0.29, 0.717) is 11.5 Å². The van der Waals surface area contributed by atoms with Gasteiger partial charge >= 0.3 is 59.1 Å². The Morgan fingerprint density at radius 3 is 1.84 bits per heavy atom. The van der Waals surface area contributed by atoms with Gasteiger partial charge in [0.05, 0.1) is 6.20 Å². The SMILES string of the molecule is Fc1cnc(NOc2ccccc2)nc1NOc1ccccc1.[NaH].[NaH]. The van der Waals surface area contributed by atoms with Crippen molar-refractivity contribution in [2.75, 3.05) is 11.0 Å². The van der Waals surface area contributed by atoms with Crippen LogP contribution in [0, 0.1) is 5.82 Å². The fraction of sp³-hybridized carbons (Fsp3) is 0. The van der Waals surface area contributed by atoms with Gasteiger partial charge < -0.3 is 9.68 Å². The first-order valence-corrected chi connectivity index (χ1v) is 6.79. The van der Waals surface area contributed by atoms with Crippen molar-refractivity contribution in [2.24, 2.45) is 0 Å². The molecule has 1 aromatic heterocycles. The van der Waals surface area contributed by atoms with E-state index in [-0.39, 0.29) is 70.9 Å².